The lowest BCUT2D eigenvalue weighted by Gasteiger charge is -2.11. The number of carbonyl (C=O) groups excluding carboxylic acids is 3. The first-order valence-corrected chi connectivity index (χ1v) is 9.56. The van der Waals surface area contributed by atoms with Crippen molar-refractivity contribution >= 4 is 28.7 Å². The zero-order valence-electron chi connectivity index (χ0n) is 15.8. The minimum absolute atomic E-state index is 0.0885. The number of imide groups is 1. The summed E-state index contributed by atoms with van der Waals surface area (Å²) in [5, 5.41) is 6.66. The van der Waals surface area contributed by atoms with Crippen LogP contribution in [0.1, 0.15) is 18.6 Å². The average Bonchev–Trinajstić information content (AvgIpc) is 3.44. The van der Waals surface area contributed by atoms with Gasteiger partial charge in [0.1, 0.15) is 11.8 Å². The minimum Gasteiger partial charge on any atom is -0.467 e. The highest BCUT2D eigenvalue weighted by molar-refractivity contribution is 6.04. The molecule has 1 saturated heterocycles. The Labute approximate surface area is 167 Å². The molecule has 2 N–H and O–H groups in total. The SMILES string of the molecule is O=C(CC[C@@H]1NC(=O)N(Cc2ccco2)C1=O)NCCn1ccc2ccccc21. The van der Waals surface area contributed by atoms with Crippen LogP contribution in [0.3, 0.4) is 0 Å². The van der Waals surface area contributed by atoms with Crippen LogP contribution < -0.4 is 10.6 Å². The summed E-state index contributed by atoms with van der Waals surface area (Å²) in [5.74, 6) is 0.0513. The number of benzene rings is 1. The van der Waals surface area contributed by atoms with Gasteiger partial charge in [-0.15, -0.1) is 0 Å². The van der Waals surface area contributed by atoms with E-state index in [9.17, 15) is 14.4 Å². The lowest BCUT2D eigenvalue weighted by Crippen LogP contribution is -2.33. The van der Waals surface area contributed by atoms with Gasteiger partial charge in [0.25, 0.3) is 5.91 Å². The van der Waals surface area contributed by atoms with Crippen LogP contribution >= 0.6 is 0 Å². The minimum atomic E-state index is -0.684. The van der Waals surface area contributed by atoms with Crippen molar-refractivity contribution in [2.45, 2.75) is 32.0 Å². The zero-order chi connectivity index (χ0) is 20.2. The van der Waals surface area contributed by atoms with E-state index in [0.717, 1.165) is 15.8 Å². The maximum absolute atomic E-state index is 12.4. The summed E-state index contributed by atoms with van der Waals surface area (Å²) in [6, 6.07) is 12.4. The number of para-hydroxylation sites is 1. The number of furan rings is 1. The van der Waals surface area contributed by atoms with E-state index < -0.39 is 12.1 Å². The molecule has 1 aliphatic heterocycles. The molecule has 1 aromatic carbocycles. The molecule has 1 atom stereocenters. The van der Waals surface area contributed by atoms with Crippen molar-refractivity contribution in [3.05, 3.63) is 60.7 Å². The predicted octanol–water partition coefficient (Wildman–Crippen LogP) is 2.25. The van der Waals surface area contributed by atoms with Gasteiger partial charge >= 0.3 is 6.03 Å². The first kappa shape index (κ1) is 18.8. The summed E-state index contributed by atoms with van der Waals surface area (Å²) in [5.41, 5.74) is 1.12. The number of nitrogens with one attached hydrogen (secondary N) is 2. The summed E-state index contributed by atoms with van der Waals surface area (Å²) < 4.78 is 7.27. The van der Waals surface area contributed by atoms with Crippen LogP contribution in [0.2, 0.25) is 0 Å². The Morgan fingerprint density at radius 3 is 2.83 bits per heavy atom. The molecule has 0 spiro atoms. The van der Waals surface area contributed by atoms with Gasteiger partial charge in [-0.05, 0) is 36.1 Å². The van der Waals surface area contributed by atoms with E-state index in [1.807, 2.05) is 36.5 Å². The summed E-state index contributed by atoms with van der Waals surface area (Å²) in [6.07, 6.45) is 3.92. The molecule has 0 saturated carbocycles. The van der Waals surface area contributed by atoms with Gasteiger partial charge in [0.15, 0.2) is 0 Å². The van der Waals surface area contributed by atoms with Gasteiger partial charge in [-0.1, -0.05) is 18.2 Å². The molecule has 29 heavy (non-hydrogen) atoms. The van der Waals surface area contributed by atoms with Gasteiger partial charge in [0.05, 0.1) is 12.8 Å². The second-order valence-electron chi connectivity index (χ2n) is 6.96. The van der Waals surface area contributed by atoms with Crippen molar-refractivity contribution in [3.8, 4) is 0 Å². The van der Waals surface area contributed by atoms with Crippen LogP contribution in [-0.4, -0.2) is 39.9 Å². The molecule has 0 bridgehead atoms. The van der Waals surface area contributed by atoms with Gasteiger partial charge in [-0.3, -0.25) is 14.5 Å². The molecule has 3 aromatic rings. The first-order chi connectivity index (χ1) is 14.1. The maximum atomic E-state index is 12.4. The van der Waals surface area contributed by atoms with E-state index in [1.54, 1.807) is 12.1 Å². The Kier molecular flexibility index (Phi) is 5.33. The van der Waals surface area contributed by atoms with E-state index in [-0.39, 0.29) is 31.2 Å². The molecule has 3 heterocycles. The molecule has 8 heteroatoms. The molecule has 4 rings (SSSR count). The van der Waals surface area contributed by atoms with E-state index in [2.05, 4.69) is 15.2 Å². The zero-order valence-corrected chi connectivity index (χ0v) is 15.8. The van der Waals surface area contributed by atoms with Crippen molar-refractivity contribution < 1.29 is 18.8 Å². The molecule has 0 unspecified atom stereocenters. The maximum Gasteiger partial charge on any atom is 0.325 e. The van der Waals surface area contributed by atoms with Crippen molar-refractivity contribution in [1.82, 2.24) is 20.1 Å². The average molecular weight is 394 g/mol. The number of hydrogen-bond donors (Lipinski definition) is 2. The van der Waals surface area contributed by atoms with E-state index in [4.69, 9.17) is 4.42 Å². The molecule has 8 nitrogen and oxygen atoms in total. The van der Waals surface area contributed by atoms with Gasteiger partial charge in [-0.25, -0.2) is 4.79 Å². The highest BCUT2D eigenvalue weighted by Gasteiger charge is 2.38. The third-order valence-electron chi connectivity index (χ3n) is 5.02. The summed E-state index contributed by atoms with van der Waals surface area (Å²) in [7, 11) is 0. The highest BCUT2D eigenvalue weighted by Crippen LogP contribution is 2.16. The number of nitrogens with zero attached hydrogens (tertiary/aromatic N) is 2. The van der Waals surface area contributed by atoms with Gasteiger partial charge in [0, 0.05) is 31.2 Å². The number of aromatic nitrogens is 1. The molecule has 0 radical (unpaired) electrons. The van der Waals surface area contributed by atoms with Gasteiger partial charge in [0.2, 0.25) is 5.91 Å². The molecular weight excluding hydrogens is 372 g/mol. The van der Waals surface area contributed by atoms with Gasteiger partial charge < -0.3 is 19.6 Å². The Morgan fingerprint density at radius 2 is 2.00 bits per heavy atom. The van der Waals surface area contributed by atoms with Crippen LogP contribution in [0.5, 0.6) is 0 Å². The fraction of sp³-hybridized carbons (Fsp3) is 0.286. The third-order valence-corrected chi connectivity index (χ3v) is 5.02. The number of carbonyl (C=O) groups is 3. The summed E-state index contributed by atoms with van der Waals surface area (Å²) >= 11 is 0. The Bertz CT molecular complexity index is 1020. The van der Waals surface area contributed by atoms with Crippen molar-refractivity contribution in [3.63, 3.8) is 0 Å². The van der Waals surface area contributed by atoms with E-state index in [0.29, 0.717) is 18.8 Å². The van der Waals surface area contributed by atoms with Crippen LogP contribution in [0, 0.1) is 0 Å². The van der Waals surface area contributed by atoms with Crippen LogP contribution in [0.15, 0.2) is 59.3 Å². The third kappa shape index (κ3) is 4.16. The highest BCUT2D eigenvalue weighted by atomic mass is 16.3. The number of fused-ring (bicyclic) bond motifs is 1. The van der Waals surface area contributed by atoms with Crippen molar-refractivity contribution in [2.24, 2.45) is 0 Å². The molecule has 1 fully saturated rings. The quantitative estimate of drug-likeness (QED) is 0.573. The fourth-order valence-electron chi connectivity index (χ4n) is 3.50. The van der Waals surface area contributed by atoms with Crippen molar-refractivity contribution in [1.29, 1.82) is 0 Å². The van der Waals surface area contributed by atoms with Crippen LogP contribution in [-0.2, 0) is 22.7 Å². The fourth-order valence-corrected chi connectivity index (χ4v) is 3.50. The number of hydrogen-bond acceptors (Lipinski definition) is 4. The summed E-state index contributed by atoms with van der Waals surface area (Å²) in [4.78, 5) is 37.7. The Balaban J connectivity index is 1.22. The largest absolute Gasteiger partial charge is 0.467 e. The lowest BCUT2D eigenvalue weighted by molar-refractivity contribution is -0.128. The molecular formula is C21H22N4O4. The standard InChI is InChI=1S/C21H22N4O4/c26-19(22-10-12-24-11-9-15-4-1-2-6-18(15)24)8-7-17-20(27)25(21(28)23-17)14-16-5-3-13-29-16/h1-6,9,11,13,17H,7-8,10,12,14H2,(H,22,26)(H,23,28)/t17-/m0/s1. The second kappa shape index (κ2) is 8.22. The monoisotopic (exact) mass is 394 g/mol. The number of urea groups is 1. The molecule has 150 valence electrons. The topological polar surface area (TPSA) is 96.6 Å². The Hall–Kier alpha value is -3.55. The molecule has 2 aromatic heterocycles. The molecule has 1 aliphatic rings. The predicted molar refractivity (Wildman–Crippen MR) is 106 cm³/mol. The normalized spacial score (nSPS) is 16.4. The van der Waals surface area contributed by atoms with Crippen LogP contribution in [0.4, 0.5) is 4.79 Å². The second-order valence-corrected chi connectivity index (χ2v) is 6.96. The van der Waals surface area contributed by atoms with Gasteiger partial charge in [-0.2, -0.15) is 0 Å². The number of rotatable bonds is 8. The first-order valence-electron chi connectivity index (χ1n) is 9.56. The Morgan fingerprint density at radius 1 is 1.14 bits per heavy atom. The number of amides is 4. The van der Waals surface area contributed by atoms with Crippen LogP contribution in [0.25, 0.3) is 10.9 Å². The van der Waals surface area contributed by atoms with Crippen molar-refractivity contribution in [2.75, 3.05) is 6.54 Å². The summed E-state index contributed by atoms with van der Waals surface area (Å²) in [6.45, 7) is 1.24. The molecule has 0 aliphatic carbocycles. The van der Waals surface area contributed by atoms with E-state index in [1.165, 1.54) is 6.26 Å². The smallest absolute Gasteiger partial charge is 0.325 e. The van der Waals surface area contributed by atoms with E-state index >= 15 is 0 Å². The lowest BCUT2D eigenvalue weighted by atomic mass is 10.1. The molecule has 4 amide bonds.